The predicted octanol–water partition coefficient (Wildman–Crippen LogP) is -0.400. The van der Waals surface area contributed by atoms with Crippen molar-refractivity contribution in [1.82, 2.24) is 10.5 Å². The summed E-state index contributed by atoms with van der Waals surface area (Å²) in [6, 6.07) is -0.689. The van der Waals surface area contributed by atoms with Gasteiger partial charge in [-0.3, -0.25) is 4.90 Å². The van der Waals surface area contributed by atoms with Gasteiger partial charge in [-0.25, -0.2) is 0 Å². The van der Waals surface area contributed by atoms with Crippen LogP contribution in [0.2, 0.25) is 13.6 Å². The number of hydrogen-bond acceptors (Lipinski definition) is 5. The highest BCUT2D eigenvalue weighted by molar-refractivity contribution is 6.52. The zero-order chi connectivity index (χ0) is 17.0. The van der Waals surface area contributed by atoms with E-state index in [4.69, 9.17) is 0 Å². The molecule has 0 fully saturated rings. The maximum Gasteiger partial charge on any atom is 0.431 e. The summed E-state index contributed by atoms with van der Waals surface area (Å²) in [6.07, 6.45) is 6.84. The number of nitrogens with zero attached hydrogens (tertiary/aromatic N) is 1. The molecule has 0 aliphatic heterocycles. The van der Waals surface area contributed by atoms with Crippen LogP contribution in [0.1, 0.15) is 32.6 Å². The van der Waals surface area contributed by atoms with E-state index in [1.54, 1.807) is 6.08 Å². The van der Waals surface area contributed by atoms with Crippen LogP contribution in [0.15, 0.2) is 17.1 Å². The van der Waals surface area contributed by atoms with Crippen LogP contribution >= 0.6 is 0 Å². The zero-order valence-electron chi connectivity index (χ0n) is 13.7. The second-order valence-corrected chi connectivity index (χ2v) is 5.28. The van der Waals surface area contributed by atoms with E-state index in [2.05, 4.69) is 22.4 Å². The Kier molecular flexibility index (Phi) is 11.9. The van der Waals surface area contributed by atoms with Gasteiger partial charge in [-0.1, -0.05) is 31.9 Å². The lowest BCUT2D eigenvalue weighted by molar-refractivity contribution is 0.133. The van der Waals surface area contributed by atoms with Crippen LogP contribution in [0.25, 0.3) is 0 Å². The molecule has 22 heavy (non-hydrogen) atoms. The van der Waals surface area contributed by atoms with Gasteiger partial charge < -0.3 is 30.8 Å². The molecule has 0 heterocycles. The quantitative estimate of drug-likeness (QED) is 0.107. The molecule has 6 N–H and O–H groups in total. The largest absolute Gasteiger partial charge is 0.433 e. The van der Waals surface area contributed by atoms with Gasteiger partial charge >= 0.3 is 14.1 Å². The molecule has 0 saturated carbocycles. The maximum absolute atomic E-state index is 10.1. The molecule has 0 aromatic rings. The minimum atomic E-state index is -0.977. The lowest BCUT2D eigenvalue weighted by atomic mass is 9.88. The fourth-order valence-corrected chi connectivity index (χ4v) is 1.80. The van der Waals surface area contributed by atoms with E-state index in [1.807, 2.05) is 6.08 Å². The molecule has 2 atom stereocenters. The van der Waals surface area contributed by atoms with Gasteiger partial charge in [-0.15, -0.1) is 0 Å². The minimum absolute atomic E-state index is 0.113. The molecule has 0 aromatic carbocycles. The zero-order valence-corrected chi connectivity index (χ0v) is 13.7. The standard InChI is InChI=1S/C13H29B2N3O4/c1-4-5-6-7-8-9-12(20)11(10-19)16-13(17-14(2)21)18-15(3)22/h8-9,11-12,19-22H,4-7,10H2,1-3H3,(H2,16,17,18)/b9-8+. The molecule has 0 bridgehead atoms. The monoisotopic (exact) mass is 313 g/mol. The van der Waals surface area contributed by atoms with Crippen LogP contribution in [-0.4, -0.2) is 59.1 Å². The van der Waals surface area contributed by atoms with E-state index < -0.39 is 26.2 Å². The Labute approximate surface area is 133 Å². The fourth-order valence-electron chi connectivity index (χ4n) is 1.80. The SMILES string of the molecule is CCCCC/C=C/C(O)C(CO)NC(=NB(C)O)NB(C)O. The number of allylic oxidation sites excluding steroid dienone is 1. The number of rotatable bonds is 10. The van der Waals surface area contributed by atoms with Crippen molar-refractivity contribution in [1.29, 1.82) is 0 Å². The van der Waals surface area contributed by atoms with E-state index in [0.29, 0.717) is 0 Å². The van der Waals surface area contributed by atoms with Crippen LogP contribution in [0.4, 0.5) is 0 Å². The van der Waals surface area contributed by atoms with Crippen molar-refractivity contribution < 1.29 is 20.3 Å². The van der Waals surface area contributed by atoms with Crippen molar-refractivity contribution in [2.24, 2.45) is 4.90 Å². The van der Waals surface area contributed by atoms with E-state index in [-0.39, 0.29) is 12.6 Å². The summed E-state index contributed by atoms with van der Waals surface area (Å²) in [5.74, 6) is 0.113. The molecule has 7 nitrogen and oxygen atoms in total. The van der Waals surface area contributed by atoms with Gasteiger partial charge in [0.15, 0.2) is 5.96 Å². The molecular formula is C13H29B2N3O4. The highest BCUT2D eigenvalue weighted by Gasteiger charge is 2.19. The van der Waals surface area contributed by atoms with Gasteiger partial charge in [-0.05, 0) is 26.5 Å². The summed E-state index contributed by atoms with van der Waals surface area (Å²) in [5.41, 5.74) is 0. The Balaban J connectivity index is 4.57. The maximum atomic E-state index is 10.1. The molecule has 0 aliphatic carbocycles. The summed E-state index contributed by atoms with van der Waals surface area (Å²) in [5, 5.41) is 43.5. The second kappa shape index (κ2) is 12.5. The summed E-state index contributed by atoms with van der Waals surface area (Å²) in [4.78, 5) is 3.85. The summed E-state index contributed by atoms with van der Waals surface area (Å²) in [7, 11) is -1.86. The van der Waals surface area contributed by atoms with Crippen molar-refractivity contribution in [2.75, 3.05) is 6.61 Å². The lowest BCUT2D eigenvalue weighted by Gasteiger charge is -2.23. The number of nitrogens with one attached hydrogen (secondary N) is 2. The topological polar surface area (TPSA) is 117 Å². The highest BCUT2D eigenvalue weighted by Crippen LogP contribution is 2.02. The molecule has 0 radical (unpaired) electrons. The first-order valence-electron chi connectivity index (χ1n) is 7.83. The van der Waals surface area contributed by atoms with Crippen molar-refractivity contribution in [3.63, 3.8) is 0 Å². The smallest absolute Gasteiger partial charge is 0.431 e. The van der Waals surface area contributed by atoms with Gasteiger partial charge in [0.2, 0.25) is 0 Å². The molecule has 0 rings (SSSR count). The van der Waals surface area contributed by atoms with Crippen molar-refractivity contribution in [3.8, 4) is 0 Å². The molecule has 9 heteroatoms. The molecule has 126 valence electrons. The van der Waals surface area contributed by atoms with Gasteiger partial charge in [0.25, 0.3) is 0 Å². The van der Waals surface area contributed by atoms with Gasteiger partial charge in [0.1, 0.15) is 0 Å². The van der Waals surface area contributed by atoms with Crippen LogP contribution < -0.4 is 10.5 Å². The van der Waals surface area contributed by atoms with Crippen molar-refractivity contribution in [2.45, 2.75) is 58.4 Å². The Hall–Kier alpha value is -1.02. The van der Waals surface area contributed by atoms with Crippen LogP contribution in [0, 0.1) is 0 Å². The average Bonchev–Trinajstić information content (AvgIpc) is 2.42. The predicted molar refractivity (Wildman–Crippen MR) is 91.5 cm³/mol. The molecule has 0 aliphatic rings. The normalized spacial score (nSPS) is 14.8. The average molecular weight is 313 g/mol. The van der Waals surface area contributed by atoms with E-state index >= 15 is 0 Å². The van der Waals surface area contributed by atoms with E-state index in [1.165, 1.54) is 13.6 Å². The van der Waals surface area contributed by atoms with Gasteiger partial charge in [0.05, 0.1) is 18.8 Å². The first kappa shape index (κ1) is 21.0. The lowest BCUT2D eigenvalue weighted by Crippen LogP contribution is -2.53. The Morgan fingerprint density at radius 3 is 2.45 bits per heavy atom. The first-order valence-corrected chi connectivity index (χ1v) is 7.83. The molecule has 2 unspecified atom stereocenters. The number of aliphatic hydroxyl groups excluding tert-OH is 2. The molecule has 0 saturated heterocycles. The fraction of sp³-hybridized carbons (Fsp3) is 0.769. The van der Waals surface area contributed by atoms with Crippen LogP contribution in [-0.2, 0) is 0 Å². The first-order chi connectivity index (χ1) is 10.4. The highest BCUT2D eigenvalue weighted by atomic mass is 16.3. The summed E-state index contributed by atoms with van der Waals surface area (Å²) >= 11 is 0. The molecule has 0 spiro atoms. The van der Waals surface area contributed by atoms with E-state index in [9.17, 15) is 20.3 Å². The molecule has 0 amide bonds. The third kappa shape index (κ3) is 10.7. The number of hydrogen-bond donors (Lipinski definition) is 6. The summed E-state index contributed by atoms with van der Waals surface area (Å²) < 4.78 is 0. The van der Waals surface area contributed by atoms with Crippen LogP contribution in [0.5, 0.6) is 0 Å². The van der Waals surface area contributed by atoms with E-state index in [0.717, 1.165) is 25.7 Å². The minimum Gasteiger partial charge on any atom is -0.433 e. The van der Waals surface area contributed by atoms with Gasteiger partial charge in [-0.2, -0.15) is 0 Å². The molecule has 0 aromatic heterocycles. The van der Waals surface area contributed by atoms with Crippen molar-refractivity contribution in [3.05, 3.63) is 12.2 Å². The summed E-state index contributed by atoms with van der Waals surface area (Å²) in [6.45, 7) is 4.77. The number of guanidine groups is 1. The number of unbranched alkanes of at least 4 members (excludes halogenated alkanes) is 3. The Morgan fingerprint density at radius 1 is 1.27 bits per heavy atom. The molecular weight excluding hydrogens is 284 g/mol. The third-order valence-electron chi connectivity index (χ3n) is 2.90. The Morgan fingerprint density at radius 2 is 1.95 bits per heavy atom. The van der Waals surface area contributed by atoms with Crippen LogP contribution in [0.3, 0.4) is 0 Å². The Bertz CT molecular complexity index is 341. The third-order valence-corrected chi connectivity index (χ3v) is 2.90. The van der Waals surface area contributed by atoms with Gasteiger partial charge in [0, 0.05) is 0 Å². The number of aliphatic hydroxyl groups is 2. The second-order valence-electron chi connectivity index (χ2n) is 5.28. The van der Waals surface area contributed by atoms with Crippen molar-refractivity contribution >= 4 is 20.1 Å².